The van der Waals surface area contributed by atoms with Crippen molar-refractivity contribution in [3.63, 3.8) is 0 Å². The number of nitrogens with two attached hydrogens (primary N) is 1. The van der Waals surface area contributed by atoms with Crippen LogP contribution in [0.1, 0.15) is 0 Å². The Morgan fingerprint density at radius 3 is 3.15 bits per heavy atom. The SMILES string of the molecule is COc1c[nH]c(=O)n2nc(N)nc12. The molecule has 0 aromatic carbocycles. The van der Waals surface area contributed by atoms with Crippen molar-refractivity contribution in [2.75, 3.05) is 12.8 Å². The van der Waals surface area contributed by atoms with E-state index in [1.54, 1.807) is 0 Å². The van der Waals surface area contributed by atoms with E-state index in [1.165, 1.54) is 13.3 Å². The summed E-state index contributed by atoms with van der Waals surface area (Å²) >= 11 is 0. The minimum atomic E-state index is -0.403. The minimum Gasteiger partial charge on any atom is -0.491 e. The number of nitrogens with zero attached hydrogens (tertiary/aromatic N) is 3. The zero-order valence-electron chi connectivity index (χ0n) is 6.81. The molecular weight excluding hydrogens is 174 g/mol. The summed E-state index contributed by atoms with van der Waals surface area (Å²) in [6, 6.07) is 0. The number of anilines is 1. The highest BCUT2D eigenvalue weighted by Gasteiger charge is 2.08. The number of nitrogen functional groups attached to an aromatic ring is 1. The number of hydrogen-bond acceptors (Lipinski definition) is 5. The second-order valence-electron chi connectivity index (χ2n) is 2.37. The molecule has 0 saturated heterocycles. The van der Waals surface area contributed by atoms with E-state index in [0.717, 1.165) is 4.52 Å². The Morgan fingerprint density at radius 2 is 2.46 bits per heavy atom. The number of fused-ring (bicyclic) bond motifs is 1. The number of aromatic amines is 1. The fourth-order valence-electron chi connectivity index (χ4n) is 1.03. The predicted octanol–water partition coefficient (Wildman–Crippen LogP) is -0.992. The van der Waals surface area contributed by atoms with Gasteiger partial charge in [-0.15, -0.1) is 5.10 Å². The van der Waals surface area contributed by atoms with E-state index in [1.807, 2.05) is 0 Å². The molecule has 2 aromatic rings. The molecule has 3 N–H and O–H groups in total. The molecular formula is C6H7N5O2. The van der Waals surface area contributed by atoms with Crippen LogP contribution in [0.3, 0.4) is 0 Å². The summed E-state index contributed by atoms with van der Waals surface area (Å²) in [6.07, 6.45) is 1.41. The molecule has 7 heteroatoms. The zero-order valence-corrected chi connectivity index (χ0v) is 6.81. The van der Waals surface area contributed by atoms with E-state index >= 15 is 0 Å². The van der Waals surface area contributed by atoms with Crippen LogP contribution in [0.25, 0.3) is 5.65 Å². The molecule has 2 heterocycles. The molecule has 0 aliphatic rings. The zero-order chi connectivity index (χ0) is 9.42. The lowest BCUT2D eigenvalue weighted by Crippen LogP contribution is -2.17. The molecule has 0 aliphatic carbocycles. The minimum absolute atomic E-state index is 0.0370. The van der Waals surface area contributed by atoms with E-state index in [9.17, 15) is 4.79 Å². The molecule has 0 radical (unpaired) electrons. The molecule has 2 aromatic heterocycles. The third kappa shape index (κ3) is 1.01. The molecule has 0 fully saturated rings. The van der Waals surface area contributed by atoms with Gasteiger partial charge in [-0.05, 0) is 0 Å². The molecule has 2 rings (SSSR count). The van der Waals surface area contributed by atoms with E-state index in [0.29, 0.717) is 11.4 Å². The van der Waals surface area contributed by atoms with Gasteiger partial charge in [-0.1, -0.05) is 0 Å². The highest BCUT2D eigenvalue weighted by molar-refractivity contribution is 5.53. The van der Waals surface area contributed by atoms with E-state index < -0.39 is 5.69 Å². The van der Waals surface area contributed by atoms with Gasteiger partial charge >= 0.3 is 5.69 Å². The fourth-order valence-corrected chi connectivity index (χ4v) is 1.03. The Hall–Kier alpha value is -2.05. The molecule has 7 nitrogen and oxygen atoms in total. The van der Waals surface area contributed by atoms with Crippen LogP contribution in [0.15, 0.2) is 11.0 Å². The monoisotopic (exact) mass is 181 g/mol. The summed E-state index contributed by atoms with van der Waals surface area (Å²) in [4.78, 5) is 17.4. The molecule has 0 aliphatic heterocycles. The first-order valence-electron chi connectivity index (χ1n) is 3.50. The maximum atomic E-state index is 11.2. The summed E-state index contributed by atoms with van der Waals surface area (Å²) in [7, 11) is 1.47. The second-order valence-corrected chi connectivity index (χ2v) is 2.37. The van der Waals surface area contributed by atoms with E-state index in [2.05, 4.69) is 15.1 Å². The third-order valence-corrected chi connectivity index (χ3v) is 1.58. The Bertz CT molecular complexity index is 499. The van der Waals surface area contributed by atoms with Crippen molar-refractivity contribution in [2.24, 2.45) is 0 Å². The molecule has 0 unspecified atom stereocenters. The van der Waals surface area contributed by atoms with Crippen LogP contribution in [0.2, 0.25) is 0 Å². The predicted molar refractivity (Wildman–Crippen MR) is 44.6 cm³/mol. The number of nitrogens with one attached hydrogen (secondary N) is 1. The summed E-state index contributed by atoms with van der Waals surface area (Å²) in [6.45, 7) is 0. The van der Waals surface area contributed by atoms with Gasteiger partial charge in [0.2, 0.25) is 11.6 Å². The Morgan fingerprint density at radius 1 is 1.69 bits per heavy atom. The topological polar surface area (TPSA) is 98.3 Å². The van der Waals surface area contributed by atoms with E-state index in [-0.39, 0.29) is 5.95 Å². The smallest absolute Gasteiger partial charge is 0.348 e. The van der Waals surface area contributed by atoms with Gasteiger partial charge in [0.05, 0.1) is 13.3 Å². The van der Waals surface area contributed by atoms with Crippen molar-refractivity contribution in [1.29, 1.82) is 0 Å². The normalized spacial score (nSPS) is 10.5. The quantitative estimate of drug-likeness (QED) is 0.588. The molecule has 13 heavy (non-hydrogen) atoms. The number of ether oxygens (including phenoxy) is 1. The molecule has 0 bridgehead atoms. The van der Waals surface area contributed by atoms with Crippen LogP contribution in [-0.2, 0) is 0 Å². The van der Waals surface area contributed by atoms with Crippen molar-refractivity contribution in [3.8, 4) is 5.75 Å². The Labute approximate surface area is 72.2 Å². The average Bonchev–Trinajstić information content (AvgIpc) is 2.48. The molecule has 0 saturated carbocycles. The second kappa shape index (κ2) is 2.47. The first-order chi connectivity index (χ1) is 6.22. The molecule has 68 valence electrons. The summed E-state index contributed by atoms with van der Waals surface area (Å²) in [5.41, 5.74) is 5.24. The van der Waals surface area contributed by atoms with Gasteiger partial charge in [0.15, 0.2) is 5.75 Å². The number of rotatable bonds is 1. The largest absolute Gasteiger partial charge is 0.491 e. The van der Waals surface area contributed by atoms with Crippen molar-refractivity contribution < 1.29 is 4.74 Å². The van der Waals surface area contributed by atoms with Crippen molar-refractivity contribution in [1.82, 2.24) is 19.6 Å². The molecule has 0 amide bonds. The summed E-state index contributed by atoms with van der Waals surface area (Å²) in [5.74, 6) is 0.457. The summed E-state index contributed by atoms with van der Waals surface area (Å²) in [5, 5.41) is 3.68. The van der Waals surface area contributed by atoms with Gasteiger partial charge in [-0.25, -0.2) is 4.79 Å². The van der Waals surface area contributed by atoms with Crippen molar-refractivity contribution >= 4 is 11.6 Å². The maximum absolute atomic E-state index is 11.2. The van der Waals surface area contributed by atoms with Gasteiger partial charge in [0.1, 0.15) is 0 Å². The van der Waals surface area contributed by atoms with Gasteiger partial charge in [-0.3, -0.25) is 0 Å². The first-order valence-corrected chi connectivity index (χ1v) is 3.50. The van der Waals surface area contributed by atoms with Crippen molar-refractivity contribution in [2.45, 2.75) is 0 Å². The standard InChI is InChI=1S/C6H7N5O2/c1-13-3-2-8-6(12)11-4(3)9-5(7)10-11/h2H,1H3,(H2,7,10)(H,8,12). The van der Waals surface area contributed by atoms with Crippen LogP contribution >= 0.6 is 0 Å². The van der Waals surface area contributed by atoms with Gasteiger partial charge in [0, 0.05) is 0 Å². The van der Waals surface area contributed by atoms with Crippen LogP contribution < -0.4 is 16.2 Å². The van der Waals surface area contributed by atoms with Crippen LogP contribution in [-0.4, -0.2) is 26.7 Å². The lowest BCUT2D eigenvalue weighted by atomic mass is 10.5. The van der Waals surface area contributed by atoms with Gasteiger partial charge in [-0.2, -0.15) is 9.50 Å². The van der Waals surface area contributed by atoms with Gasteiger partial charge < -0.3 is 15.5 Å². The number of hydrogen-bond donors (Lipinski definition) is 2. The van der Waals surface area contributed by atoms with Crippen molar-refractivity contribution in [3.05, 3.63) is 16.7 Å². The Kier molecular flexibility index (Phi) is 1.44. The van der Waals surface area contributed by atoms with Crippen LogP contribution in [0.5, 0.6) is 5.75 Å². The number of H-pyrrole nitrogens is 1. The first kappa shape index (κ1) is 7.59. The maximum Gasteiger partial charge on any atom is 0.348 e. The van der Waals surface area contributed by atoms with Gasteiger partial charge in [0.25, 0.3) is 0 Å². The fraction of sp³-hybridized carbons (Fsp3) is 0.167. The van der Waals surface area contributed by atoms with E-state index in [4.69, 9.17) is 10.5 Å². The molecule has 0 spiro atoms. The molecule has 0 atom stereocenters. The number of aromatic nitrogens is 4. The van der Waals surface area contributed by atoms with Crippen LogP contribution in [0, 0.1) is 0 Å². The van der Waals surface area contributed by atoms with Crippen LogP contribution in [0.4, 0.5) is 5.95 Å². The average molecular weight is 181 g/mol. The summed E-state index contributed by atoms with van der Waals surface area (Å²) < 4.78 is 6.00. The Balaban J connectivity index is 2.92. The third-order valence-electron chi connectivity index (χ3n) is 1.58. The highest BCUT2D eigenvalue weighted by Crippen LogP contribution is 2.13. The lowest BCUT2D eigenvalue weighted by Gasteiger charge is -1.97. The lowest BCUT2D eigenvalue weighted by molar-refractivity contribution is 0.413. The number of methoxy groups -OCH3 is 1. The highest BCUT2D eigenvalue weighted by atomic mass is 16.5.